The van der Waals surface area contributed by atoms with Gasteiger partial charge in [0.05, 0.1) is 0 Å². The summed E-state index contributed by atoms with van der Waals surface area (Å²) in [5, 5.41) is 8.92. The van der Waals surface area contributed by atoms with Crippen molar-refractivity contribution in [2.75, 3.05) is 0 Å². The first-order valence-electron chi connectivity index (χ1n) is 3.39. The monoisotopic (exact) mass is 221 g/mol. The highest BCUT2D eigenvalue weighted by molar-refractivity contribution is 8.33. The molecule has 0 aliphatic carbocycles. The van der Waals surface area contributed by atoms with Gasteiger partial charge in [0.2, 0.25) is 5.75 Å². The van der Waals surface area contributed by atoms with Crippen LogP contribution >= 0.6 is 0 Å². The quantitative estimate of drug-likeness (QED) is 0.654. The lowest BCUT2D eigenvalue weighted by Crippen LogP contribution is -1.96. The molecule has 1 rings (SSSR count). The molecule has 4 nitrogen and oxygen atoms in total. The van der Waals surface area contributed by atoms with Crippen molar-refractivity contribution < 1.29 is 18.4 Å². The number of hydrogen-bond acceptors (Lipinski definition) is 2. The molecule has 0 atom stereocenters. The zero-order chi connectivity index (χ0) is 9.90. The predicted molar refractivity (Wildman–Crippen MR) is 52.6 cm³/mol. The van der Waals surface area contributed by atoms with E-state index in [9.17, 15) is 4.21 Å². The summed E-state index contributed by atoms with van der Waals surface area (Å²) >= 11 is 0. The molecular weight excluding hydrogens is 212 g/mol. The maximum absolute atomic E-state index is 10.5. The molecule has 0 saturated carbocycles. The van der Waals surface area contributed by atoms with Gasteiger partial charge in [0.25, 0.3) is 10.3 Å². The molecule has 1 aromatic rings. The van der Waals surface area contributed by atoms with Gasteiger partial charge in [0.1, 0.15) is 5.75 Å². The van der Waals surface area contributed by atoms with E-state index < -0.39 is 9.05 Å². The Labute approximate surface area is 79.5 Å². The van der Waals surface area contributed by atoms with Crippen molar-refractivity contribution in [3.8, 4) is 5.75 Å². The zero-order valence-corrected chi connectivity index (χ0v) is 8.22. The Kier molecular flexibility index (Phi) is 3.21. The standard InChI is InChI=1S/C7H8O4S2/c8-7-3-1-6(2-4-7)5-12-13(9,10)11/h1-4H,5H2,(H2-,8,9,10,11)/p+1. The van der Waals surface area contributed by atoms with Crippen LogP contribution in [0.3, 0.4) is 0 Å². The Morgan fingerprint density at radius 3 is 2.23 bits per heavy atom. The van der Waals surface area contributed by atoms with E-state index in [-0.39, 0.29) is 11.5 Å². The van der Waals surface area contributed by atoms with Crippen molar-refractivity contribution in [3.63, 3.8) is 0 Å². The van der Waals surface area contributed by atoms with E-state index >= 15 is 0 Å². The Balaban J connectivity index is 2.77. The second-order valence-electron chi connectivity index (χ2n) is 2.38. The molecule has 0 radical (unpaired) electrons. The molecule has 0 unspecified atom stereocenters. The van der Waals surface area contributed by atoms with Crippen molar-refractivity contribution in [2.24, 2.45) is 0 Å². The van der Waals surface area contributed by atoms with E-state index in [0.29, 0.717) is 10.3 Å². The summed E-state index contributed by atoms with van der Waals surface area (Å²) in [6, 6.07) is 6.19. The first kappa shape index (κ1) is 10.4. The van der Waals surface area contributed by atoms with E-state index in [1.54, 1.807) is 12.1 Å². The fourth-order valence-corrected chi connectivity index (χ4v) is 2.09. The third kappa shape index (κ3) is 4.18. The van der Waals surface area contributed by atoms with Gasteiger partial charge in [0.15, 0.2) is 0 Å². The van der Waals surface area contributed by atoms with Crippen LogP contribution in [0.25, 0.3) is 0 Å². The fourth-order valence-electron chi connectivity index (χ4n) is 0.737. The summed E-state index contributed by atoms with van der Waals surface area (Å²) in [7, 11) is -3.18. The largest absolute Gasteiger partial charge is 0.508 e. The highest BCUT2D eigenvalue weighted by atomic mass is 32.9. The van der Waals surface area contributed by atoms with Crippen LogP contribution in [0.5, 0.6) is 5.75 Å². The molecule has 1 aromatic carbocycles. The van der Waals surface area contributed by atoms with Crippen LogP contribution in [0.4, 0.5) is 0 Å². The molecule has 0 fully saturated rings. The van der Waals surface area contributed by atoms with Crippen LogP contribution in [0.2, 0.25) is 0 Å². The van der Waals surface area contributed by atoms with Crippen molar-refractivity contribution in [1.82, 2.24) is 0 Å². The van der Waals surface area contributed by atoms with Gasteiger partial charge in [-0.1, -0.05) is 12.1 Å². The minimum absolute atomic E-state index is 0.141. The van der Waals surface area contributed by atoms with Gasteiger partial charge in [-0.2, -0.15) is 4.21 Å². The number of aromatic hydroxyl groups is 1. The average molecular weight is 221 g/mol. The van der Waals surface area contributed by atoms with Crippen molar-refractivity contribution >= 4 is 19.4 Å². The molecule has 13 heavy (non-hydrogen) atoms. The molecule has 0 saturated heterocycles. The van der Waals surface area contributed by atoms with E-state index in [4.69, 9.17) is 14.2 Å². The smallest absolute Gasteiger partial charge is 0.430 e. The molecule has 72 valence electrons. The third-order valence-corrected chi connectivity index (χ3v) is 3.35. The molecule has 0 aromatic heterocycles. The lowest BCUT2D eigenvalue weighted by molar-refractivity contribution is 0.450. The minimum Gasteiger partial charge on any atom is -0.508 e. The number of hydrogen-bond donors (Lipinski definition) is 3. The van der Waals surface area contributed by atoms with Crippen LogP contribution in [0, 0.1) is 0 Å². The van der Waals surface area contributed by atoms with E-state index in [0.717, 1.165) is 5.56 Å². The molecule has 0 aliphatic rings. The predicted octanol–water partition coefficient (Wildman–Crippen LogP) is 1.12. The van der Waals surface area contributed by atoms with E-state index in [1.807, 2.05) is 0 Å². The van der Waals surface area contributed by atoms with Crippen LogP contribution < -0.4 is 0 Å². The third-order valence-electron chi connectivity index (χ3n) is 1.32. The number of phenols is 1. The summed E-state index contributed by atoms with van der Waals surface area (Å²) < 4.78 is 27.5. The zero-order valence-electron chi connectivity index (χ0n) is 6.58. The maximum atomic E-state index is 10.5. The van der Waals surface area contributed by atoms with Crippen molar-refractivity contribution in [2.45, 2.75) is 5.75 Å². The molecule has 6 heteroatoms. The molecule has 3 N–H and O–H groups in total. The molecular formula is C7H9O4S2+. The second kappa shape index (κ2) is 4.01. The van der Waals surface area contributed by atoms with Gasteiger partial charge in [-0.05, 0) is 12.1 Å². The Bertz CT molecular complexity index is 381. The summed E-state index contributed by atoms with van der Waals surface area (Å²) in [6.07, 6.45) is 0. The highest BCUT2D eigenvalue weighted by Gasteiger charge is 2.10. The highest BCUT2D eigenvalue weighted by Crippen LogP contribution is 2.09. The van der Waals surface area contributed by atoms with E-state index in [1.165, 1.54) is 12.1 Å². The lowest BCUT2D eigenvalue weighted by Gasteiger charge is -1.90. The van der Waals surface area contributed by atoms with Crippen LogP contribution in [-0.4, -0.2) is 18.4 Å². The maximum Gasteiger partial charge on any atom is 0.430 e. The van der Waals surface area contributed by atoms with Crippen LogP contribution in [-0.2, 0) is 25.1 Å². The first-order chi connectivity index (χ1) is 5.97. The van der Waals surface area contributed by atoms with Gasteiger partial charge in [-0.15, -0.1) is 0 Å². The Morgan fingerprint density at radius 2 is 1.77 bits per heavy atom. The van der Waals surface area contributed by atoms with Crippen molar-refractivity contribution in [3.05, 3.63) is 29.8 Å². The second-order valence-corrected chi connectivity index (χ2v) is 5.81. The van der Waals surface area contributed by atoms with Gasteiger partial charge in [0, 0.05) is 5.56 Å². The number of rotatable bonds is 2. The number of phenolic OH excluding ortho intramolecular Hbond substituents is 1. The normalized spacial score (nSPS) is 11.2. The summed E-state index contributed by atoms with van der Waals surface area (Å²) in [5.41, 5.74) is 0.763. The lowest BCUT2D eigenvalue weighted by atomic mass is 10.2. The minimum atomic E-state index is -3.73. The molecule has 0 spiro atoms. The topological polar surface area (TPSA) is 77.8 Å². The van der Waals surface area contributed by atoms with Crippen LogP contribution in [0.1, 0.15) is 5.56 Å². The average Bonchev–Trinajstić information content (AvgIpc) is 2.02. The number of benzene rings is 1. The summed E-state index contributed by atoms with van der Waals surface area (Å²) in [4.78, 5) is 0. The molecule has 0 aliphatic heterocycles. The Morgan fingerprint density at radius 1 is 1.23 bits per heavy atom. The SMILES string of the molecule is O=S(O)(O)=[S+]Cc1ccc(O)cc1. The van der Waals surface area contributed by atoms with Crippen molar-refractivity contribution in [1.29, 1.82) is 0 Å². The molecule has 0 amide bonds. The van der Waals surface area contributed by atoms with Gasteiger partial charge in [-0.3, -0.25) is 9.11 Å². The van der Waals surface area contributed by atoms with Gasteiger partial charge in [-0.25, -0.2) is 0 Å². The summed E-state index contributed by atoms with van der Waals surface area (Å²) in [6.45, 7) is 0. The van der Waals surface area contributed by atoms with Gasteiger partial charge < -0.3 is 5.11 Å². The van der Waals surface area contributed by atoms with Crippen LogP contribution in [0.15, 0.2) is 24.3 Å². The Hall–Kier alpha value is -0.690. The molecule has 0 bridgehead atoms. The fraction of sp³-hybridized carbons (Fsp3) is 0.143. The van der Waals surface area contributed by atoms with E-state index in [2.05, 4.69) is 0 Å². The van der Waals surface area contributed by atoms with Gasteiger partial charge >= 0.3 is 9.05 Å². The summed E-state index contributed by atoms with van der Waals surface area (Å²) in [5.74, 6) is 0.369. The molecule has 0 heterocycles. The first-order valence-corrected chi connectivity index (χ1v) is 6.36.